The number of sulfone groups is 1. The fourth-order valence-electron chi connectivity index (χ4n) is 2.94. The molecule has 0 aromatic rings. The molecule has 0 atom stereocenters. The molecule has 1 aliphatic rings. The summed E-state index contributed by atoms with van der Waals surface area (Å²) in [4.78, 5) is 5.96. The Morgan fingerprint density at radius 2 is 1.86 bits per heavy atom. The third-order valence-electron chi connectivity index (χ3n) is 4.40. The number of hydrogen-bond donors (Lipinski definition) is 2. The van der Waals surface area contributed by atoms with Gasteiger partial charge in [-0.3, -0.25) is 9.89 Å². The molecule has 0 unspecified atom stereocenters. The van der Waals surface area contributed by atoms with Gasteiger partial charge in [0.1, 0.15) is 9.84 Å². The van der Waals surface area contributed by atoms with Crippen molar-refractivity contribution in [3.63, 3.8) is 0 Å². The van der Waals surface area contributed by atoms with Gasteiger partial charge < -0.3 is 15.4 Å². The summed E-state index contributed by atoms with van der Waals surface area (Å²) < 4.78 is 64.5. The second-order valence-electron chi connectivity index (χ2n) is 7.05. The monoisotopic (exact) mass is 558 g/mol. The molecule has 0 saturated carbocycles. The fourth-order valence-corrected chi connectivity index (χ4v) is 3.36. The highest BCUT2D eigenvalue weighted by Gasteiger charge is 2.32. The second-order valence-corrected chi connectivity index (χ2v) is 9.31. The lowest BCUT2D eigenvalue weighted by molar-refractivity contribution is -0.148. The van der Waals surface area contributed by atoms with Crippen molar-refractivity contribution in [2.45, 2.75) is 32.4 Å². The van der Waals surface area contributed by atoms with Crippen molar-refractivity contribution >= 4 is 39.8 Å². The summed E-state index contributed by atoms with van der Waals surface area (Å²) in [5.74, 6) is 1.06. The quantitative estimate of drug-likeness (QED) is 0.175. The highest BCUT2D eigenvalue weighted by molar-refractivity contribution is 14.0. The summed E-state index contributed by atoms with van der Waals surface area (Å²) >= 11 is 0. The highest BCUT2D eigenvalue weighted by atomic mass is 127. The first-order valence-electron chi connectivity index (χ1n) is 9.66. The van der Waals surface area contributed by atoms with Crippen molar-refractivity contribution in [2.75, 3.05) is 64.5 Å². The minimum Gasteiger partial charge on any atom is -0.379 e. The topological polar surface area (TPSA) is 83.0 Å². The highest BCUT2D eigenvalue weighted by Crippen LogP contribution is 2.24. The molecule has 12 heteroatoms. The van der Waals surface area contributed by atoms with Gasteiger partial charge in [-0.05, 0) is 45.2 Å². The van der Waals surface area contributed by atoms with Gasteiger partial charge in [0.2, 0.25) is 0 Å². The number of guanidine groups is 1. The molecule has 174 valence electrons. The Balaban J connectivity index is 0.00000784. The van der Waals surface area contributed by atoms with E-state index in [-0.39, 0.29) is 36.3 Å². The van der Waals surface area contributed by atoms with Gasteiger partial charge in [0.15, 0.2) is 5.96 Å². The van der Waals surface area contributed by atoms with E-state index in [9.17, 15) is 21.6 Å². The Morgan fingerprint density at radius 3 is 2.41 bits per heavy atom. The Morgan fingerprint density at radius 1 is 1.21 bits per heavy atom. The van der Waals surface area contributed by atoms with Gasteiger partial charge in [-0.15, -0.1) is 24.0 Å². The van der Waals surface area contributed by atoms with E-state index in [0.29, 0.717) is 51.2 Å². The van der Waals surface area contributed by atoms with E-state index < -0.39 is 22.6 Å². The number of ether oxygens (including phenoxy) is 1. The van der Waals surface area contributed by atoms with Gasteiger partial charge >= 0.3 is 6.18 Å². The molecule has 0 amide bonds. The van der Waals surface area contributed by atoms with Gasteiger partial charge in [-0.2, -0.15) is 13.2 Å². The molecule has 0 aliphatic carbocycles. The van der Waals surface area contributed by atoms with Gasteiger partial charge in [0.05, 0.1) is 25.5 Å². The number of rotatable bonds is 11. The standard InChI is InChI=1S/C17H33F3N4O3S.HI/c1-3-21-16(23-8-11-27-12-13-28(2,25)26)22-7-4-15-5-9-24(10-6-15)14-17(18,19)20;/h15H,3-14H2,1-2H3,(H2,21,22,23);1H. The third-order valence-corrected chi connectivity index (χ3v) is 5.31. The van der Waals surface area contributed by atoms with E-state index in [4.69, 9.17) is 4.74 Å². The molecule has 0 aromatic heterocycles. The van der Waals surface area contributed by atoms with Crippen LogP contribution in [-0.2, 0) is 14.6 Å². The van der Waals surface area contributed by atoms with E-state index in [0.717, 1.165) is 19.3 Å². The normalized spacial score (nSPS) is 17.1. The zero-order chi connectivity index (χ0) is 21.0. The van der Waals surface area contributed by atoms with Crippen LogP contribution in [0.3, 0.4) is 0 Å². The molecule has 0 aromatic carbocycles. The summed E-state index contributed by atoms with van der Waals surface area (Å²) in [5.41, 5.74) is 0. The van der Waals surface area contributed by atoms with Crippen molar-refractivity contribution in [1.29, 1.82) is 0 Å². The van der Waals surface area contributed by atoms with Crippen LogP contribution in [0.25, 0.3) is 0 Å². The molecule has 1 rings (SSSR count). The Labute approximate surface area is 189 Å². The van der Waals surface area contributed by atoms with Gasteiger partial charge in [-0.1, -0.05) is 0 Å². The van der Waals surface area contributed by atoms with Crippen molar-refractivity contribution in [3.8, 4) is 0 Å². The largest absolute Gasteiger partial charge is 0.401 e. The number of nitrogens with one attached hydrogen (secondary N) is 2. The van der Waals surface area contributed by atoms with Crippen LogP contribution in [-0.4, -0.2) is 89.9 Å². The number of piperidine rings is 1. The average Bonchev–Trinajstić information content (AvgIpc) is 2.57. The van der Waals surface area contributed by atoms with Gasteiger partial charge in [-0.25, -0.2) is 8.42 Å². The molecular formula is C17H34F3IN4O3S. The maximum atomic E-state index is 12.4. The maximum absolute atomic E-state index is 12.4. The first kappa shape index (κ1) is 28.7. The Kier molecular flexibility index (Phi) is 14.5. The summed E-state index contributed by atoms with van der Waals surface area (Å²) in [5, 5.41) is 6.24. The van der Waals surface area contributed by atoms with Crippen molar-refractivity contribution in [2.24, 2.45) is 10.9 Å². The van der Waals surface area contributed by atoms with Crippen LogP contribution in [0.2, 0.25) is 0 Å². The Bertz CT molecular complexity index is 569. The predicted molar refractivity (Wildman–Crippen MR) is 120 cm³/mol. The molecule has 0 spiro atoms. The average molecular weight is 558 g/mol. The smallest absolute Gasteiger partial charge is 0.379 e. The van der Waals surface area contributed by atoms with Crippen molar-refractivity contribution < 1.29 is 26.3 Å². The molecule has 1 fully saturated rings. The minimum atomic E-state index is -4.13. The van der Waals surface area contributed by atoms with Gasteiger partial charge in [0.25, 0.3) is 0 Å². The van der Waals surface area contributed by atoms with Crippen LogP contribution in [0, 0.1) is 5.92 Å². The van der Waals surface area contributed by atoms with E-state index in [1.54, 1.807) is 0 Å². The van der Waals surface area contributed by atoms with Crippen molar-refractivity contribution in [3.05, 3.63) is 0 Å². The van der Waals surface area contributed by atoms with Crippen molar-refractivity contribution in [1.82, 2.24) is 15.5 Å². The van der Waals surface area contributed by atoms with Crippen LogP contribution in [0.4, 0.5) is 13.2 Å². The third kappa shape index (κ3) is 16.1. The summed E-state index contributed by atoms with van der Waals surface area (Å²) in [6.07, 6.45) is -0.572. The molecule has 1 heterocycles. The number of alkyl halides is 3. The van der Waals surface area contributed by atoms with Crippen LogP contribution < -0.4 is 10.6 Å². The number of likely N-dealkylation sites (tertiary alicyclic amines) is 1. The first-order valence-corrected chi connectivity index (χ1v) is 11.7. The number of aliphatic imine (C=N–C) groups is 1. The molecule has 0 radical (unpaired) electrons. The molecule has 1 aliphatic heterocycles. The van der Waals surface area contributed by atoms with Gasteiger partial charge in [0, 0.05) is 25.9 Å². The van der Waals surface area contributed by atoms with Crippen LogP contribution in [0.1, 0.15) is 26.2 Å². The lowest BCUT2D eigenvalue weighted by Crippen LogP contribution is -2.40. The van der Waals surface area contributed by atoms with E-state index >= 15 is 0 Å². The zero-order valence-electron chi connectivity index (χ0n) is 17.1. The molecule has 0 bridgehead atoms. The number of nitrogens with zero attached hydrogens (tertiary/aromatic N) is 2. The predicted octanol–water partition coefficient (Wildman–Crippen LogP) is 1.89. The Hall–Kier alpha value is -0.340. The lowest BCUT2D eigenvalue weighted by Gasteiger charge is -2.32. The van der Waals surface area contributed by atoms with E-state index in [1.807, 2.05) is 6.92 Å². The van der Waals surface area contributed by atoms with Crippen LogP contribution in [0.5, 0.6) is 0 Å². The molecule has 1 saturated heterocycles. The molecule has 29 heavy (non-hydrogen) atoms. The SMILES string of the molecule is CCNC(=NCCC1CCN(CC(F)(F)F)CC1)NCCOCCS(C)(=O)=O.I. The van der Waals surface area contributed by atoms with Crippen LogP contribution >= 0.6 is 24.0 Å². The second kappa shape index (κ2) is 14.6. The maximum Gasteiger partial charge on any atom is 0.401 e. The molecular weight excluding hydrogens is 524 g/mol. The lowest BCUT2D eigenvalue weighted by atomic mass is 9.93. The summed E-state index contributed by atoms with van der Waals surface area (Å²) in [6, 6.07) is 0. The first-order chi connectivity index (χ1) is 13.1. The molecule has 7 nitrogen and oxygen atoms in total. The minimum absolute atomic E-state index is 0. The van der Waals surface area contributed by atoms with Crippen LogP contribution in [0.15, 0.2) is 4.99 Å². The molecule has 2 N–H and O–H groups in total. The summed E-state index contributed by atoms with van der Waals surface area (Å²) in [7, 11) is -3.01. The van der Waals surface area contributed by atoms with E-state index in [1.165, 1.54) is 11.2 Å². The summed E-state index contributed by atoms with van der Waals surface area (Å²) in [6.45, 7) is 4.46. The fraction of sp³-hybridized carbons (Fsp3) is 0.941. The zero-order valence-corrected chi connectivity index (χ0v) is 20.3. The number of hydrogen-bond acceptors (Lipinski definition) is 5. The number of halogens is 4. The van der Waals surface area contributed by atoms with E-state index in [2.05, 4.69) is 15.6 Å².